The molecule has 88 valence electrons. The van der Waals surface area contributed by atoms with Crippen LogP contribution in [0.1, 0.15) is 5.56 Å². The van der Waals surface area contributed by atoms with Gasteiger partial charge in [0.1, 0.15) is 17.4 Å². The van der Waals surface area contributed by atoms with Crippen molar-refractivity contribution < 1.29 is 22.0 Å². The van der Waals surface area contributed by atoms with E-state index in [1.54, 1.807) is 0 Å². The van der Waals surface area contributed by atoms with Crippen LogP contribution in [-0.4, -0.2) is 26.2 Å². The first-order valence-electron chi connectivity index (χ1n) is 4.42. The molecule has 0 saturated carbocycles. The van der Waals surface area contributed by atoms with Crippen LogP contribution in [0.2, 0.25) is 0 Å². The maximum Gasteiger partial charge on any atom is 0.154 e. The van der Waals surface area contributed by atoms with Gasteiger partial charge in [-0.3, -0.25) is 4.79 Å². The smallest absolute Gasteiger partial charge is 0.154 e. The number of carbonyl (C=O) groups excluding carboxylic acids is 1. The van der Waals surface area contributed by atoms with Crippen molar-refractivity contribution in [3.63, 3.8) is 0 Å². The van der Waals surface area contributed by atoms with Crippen molar-refractivity contribution in [1.82, 2.24) is 0 Å². The fourth-order valence-corrected chi connectivity index (χ4v) is 1.93. The third-order valence-electron chi connectivity index (χ3n) is 1.86. The summed E-state index contributed by atoms with van der Waals surface area (Å²) in [7, 11) is -3.46. The largest absolute Gasteiger partial charge is 0.298 e. The lowest BCUT2D eigenvalue weighted by atomic mass is 10.1. The maximum absolute atomic E-state index is 13.1. The average molecular weight is 248 g/mol. The van der Waals surface area contributed by atoms with Gasteiger partial charge >= 0.3 is 0 Å². The second kappa shape index (κ2) is 4.69. The first-order valence-corrected chi connectivity index (χ1v) is 6.48. The monoisotopic (exact) mass is 248 g/mol. The quantitative estimate of drug-likeness (QED) is 0.802. The highest BCUT2D eigenvalue weighted by atomic mass is 32.2. The predicted octanol–water partition coefficient (Wildman–Crippen LogP) is 1.12. The Morgan fingerprint density at radius 3 is 2.19 bits per heavy atom. The number of carbonyl (C=O) groups is 1. The Morgan fingerprint density at radius 2 is 1.75 bits per heavy atom. The summed E-state index contributed by atoms with van der Waals surface area (Å²) >= 11 is 0. The lowest BCUT2D eigenvalue weighted by Crippen LogP contribution is -2.17. The zero-order valence-electron chi connectivity index (χ0n) is 8.54. The van der Waals surface area contributed by atoms with Gasteiger partial charge in [0, 0.05) is 18.2 Å². The van der Waals surface area contributed by atoms with Crippen LogP contribution in [-0.2, 0) is 21.1 Å². The van der Waals surface area contributed by atoms with Crippen LogP contribution in [0.3, 0.4) is 0 Å². The van der Waals surface area contributed by atoms with Crippen molar-refractivity contribution in [3.05, 3.63) is 35.4 Å². The van der Waals surface area contributed by atoms with Crippen LogP contribution in [0, 0.1) is 11.6 Å². The standard InChI is InChI=1S/C10H10F2O3S/c1-16(14,15)6-7(13)5-8-9(11)3-2-4-10(8)12/h2-4H,5-6H2,1H3. The molecule has 0 N–H and O–H groups in total. The Hall–Kier alpha value is -1.30. The van der Waals surface area contributed by atoms with E-state index >= 15 is 0 Å². The zero-order valence-corrected chi connectivity index (χ0v) is 9.35. The molecule has 1 rings (SSSR count). The predicted molar refractivity (Wildman–Crippen MR) is 54.8 cm³/mol. The van der Waals surface area contributed by atoms with E-state index in [4.69, 9.17) is 0 Å². The number of halogens is 2. The molecule has 0 radical (unpaired) electrons. The second-order valence-corrected chi connectivity index (χ2v) is 5.63. The van der Waals surface area contributed by atoms with Crippen LogP contribution in [0.4, 0.5) is 8.78 Å². The molecule has 0 amide bonds. The topological polar surface area (TPSA) is 51.2 Å². The molecule has 0 spiro atoms. The van der Waals surface area contributed by atoms with E-state index in [9.17, 15) is 22.0 Å². The molecule has 0 unspecified atom stereocenters. The van der Waals surface area contributed by atoms with Crippen LogP contribution >= 0.6 is 0 Å². The highest BCUT2D eigenvalue weighted by molar-refractivity contribution is 7.91. The Kier molecular flexibility index (Phi) is 3.74. The summed E-state index contributed by atoms with van der Waals surface area (Å²) in [5, 5.41) is 0. The molecule has 0 fully saturated rings. The summed E-state index contributed by atoms with van der Waals surface area (Å²) in [4.78, 5) is 11.2. The molecule has 3 nitrogen and oxygen atoms in total. The van der Waals surface area contributed by atoms with Crippen LogP contribution in [0.5, 0.6) is 0 Å². The minimum absolute atomic E-state index is 0.392. The molecule has 0 bridgehead atoms. The van der Waals surface area contributed by atoms with Crippen molar-refractivity contribution in [1.29, 1.82) is 0 Å². The minimum atomic E-state index is -3.46. The SMILES string of the molecule is CS(=O)(=O)CC(=O)Cc1c(F)cccc1F. The van der Waals surface area contributed by atoms with Gasteiger partial charge in [-0.25, -0.2) is 17.2 Å². The van der Waals surface area contributed by atoms with Crippen molar-refractivity contribution in [2.75, 3.05) is 12.0 Å². The summed E-state index contributed by atoms with van der Waals surface area (Å²) in [6.07, 6.45) is 0.341. The summed E-state index contributed by atoms with van der Waals surface area (Å²) < 4.78 is 47.8. The number of hydrogen-bond acceptors (Lipinski definition) is 3. The van der Waals surface area contributed by atoms with Gasteiger partial charge in [0.2, 0.25) is 0 Å². The maximum atomic E-state index is 13.1. The Labute approximate surface area is 92.0 Å². The van der Waals surface area contributed by atoms with Gasteiger partial charge in [0.15, 0.2) is 15.6 Å². The summed E-state index contributed by atoms with van der Waals surface area (Å²) in [6.45, 7) is 0. The number of ketones is 1. The average Bonchev–Trinajstić information content (AvgIpc) is 2.08. The lowest BCUT2D eigenvalue weighted by molar-refractivity contribution is -0.116. The number of hydrogen-bond donors (Lipinski definition) is 0. The highest BCUT2D eigenvalue weighted by Gasteiger charge is 2.16. The van der Waals surface area contributed by atoms with Crippen LogP contribution in [0.15, 0.2) is 18.2 Å². The second-order valence-electron chi connectivity index (χ2n) is 3.49. The van der Waals surface area contributed by atoms with Crippen LogP contribution in [0.25, 0.3) is 0 Å². The first kappa shape index (κ1) is 12.8. The van der Waals surface area contributed by atoms with Gasteiger partial charge in [-0.05, 0) is 12.1 Å². The molecule has 1 aromatic rings. The fraction of sp³-hybridized carbons (Fsp3) is 0.300. The summed E-state index contributed by atoms with van der Waals surface area (Å²) in [6, 6.07) is 3.22. The third-order valence-corrected chi connectivity index (χ3v) is 2.71. The van der Waals surface area contributed by atoms with E-state index in [-0.39, 0.29) is 0 Å². The Morgan fingerprint density at radius 1 is 1.25 bits per heavy atom. The zero-order chi connectivity index (χ0) is 12.3. The molecule has 0 aliphatic heterocycles. The van der Waals surface area contributed by atoms with Gasteiger partial charge in [-0.1, -0.05) is 6.07 Å². The van der Waals surface area contributed by atoms with Crippen molar-refractivity contribution in [3.8, 4) is 0 Å². The third kappa shape index (κ3) is 3.69. The molecule has 0 aliphatic rings. The van der Waals surface area contributed by atoms with Gasteiger partial charge in [0.05, 0.1) is 0 Å². The van der Waals surface area contributed by atoms with E-state index in [1.165, 1.54) is 6.07 Å². The minimum Gasteiger partial charge on any atom is -0.298 e. The molecule has 0 aliphatic carbocycles. The van der Waals surface area contributed by atoms with E-state index in [0.29, 0.717) is 0 Å². The van der Waals surface area contributed by atoms with E-state index in [2.05, 4.69) is 0 Å². The number of Topliss-reactive ketones (excluding diaryl/α,β-unsaturated/α-hetero) is 1. The van der Waals surface area contributed by atoms with Crippen molar-refractivity contribution in [2.45, 2.75) is 6.42 Å². The van der Waals surface area contributed by atoms with E-state index < -0.39 is 45.0 Å². The normalized spacial score (nSPS) is 11.4. The summed E-state index contributed by atoms with van der Waals surface area (Å²) in [5.41, 5.74) is -0.392. The molecule has 6 heteroatoms. The molecular formula is C10H10F2O3S. The number of rotatable bonds is 4. The molecule has 0 atom stereocenters. The molecule has 0 heterocycles. The molecule has 1 aromatic carbocycles. The number of benzene rings is 1. The molecule has 0 aromatic heterocycles. The van der Waals surface area contributed by atoms with E-state index in [0.717, 1.165) is 18.4 Å². The highest BCUT2D eigenvalue weighted by Crippen LogP contribution is 2.13. The van der Waals surface area contributed by atoms with Crippen molar-refractivity contribution in [2.24, 2.45) is 0 Å². The fourth-order valence-electron chi connectivity index (χ4n) is 1.24. The summed E-state index contributed by atoms with van der Waals surface area (Å²) in [5.74, 6) is -3.13. The molecular weight excluding hydrogens is 238 g/mol. The molecule has 0 saturated heterocycles. The van der Waals surface area contributed by atoms with Gasteiger partial charge in [-0.15, -0.1) is 0 Å². The van der Waals surface area contributed by atoms with Crippen LogP contribution < -0.4 is 0 Å². The van der Waals surface area contributed by atoms with Gasteiger partial charge in [-0.2, -0.15) is 0 Å². The van der Waals surface area contributed by atoms with Crippen molar-refractivity contribution >= 4 is 15.6 Å². The van der Waals surface area contributed by atoms with Gasteiger partial charge < -0.3 is 0 Å². The lowest BCUT2D eigenvalue weighted by Gasteiger charge is -2.03. The Bertz CT molecular complexity index is 489. The van der Waals surface area contributed by atoms with E-state index in [1.807, 2.05) is 0 Å². The Balaban J connectivity index is 2.86. The number of sulfone groups is 1. The molecule has 16 heavy (non-hydrogen) atoms. The first-order chi connectivity index (χ1) is 7.29. The van der Waals surface area contributed by atoms with Gasteiger partial charge in [0.25, 0.3) is 0 Å².